The quantitative estimate of drug-likeness (QED) is 0.396. The summed E-state index contributed by atoms with van der Waals surface area (Å²) in [4.78, 5) is 16.5. The van der Waals surface area contributed by atoms with E-state index in [1.165, 1.54) is 5.56 Å². The Hall–Kier alpha value is -2.32. The van der Waals surface area contributed by atoms with Gasteiger partial charge in [-0.1, -0.05) is 65.0 Å². The molecule has 0 aliphatic carbocycles. The van der Waals surface area contributed by atoms with E-state index in [4.69, 9.17) is 11.6 Å². The highest BCUT2D eigenvalue weighted by Gasteiger charge is 2.25. The molecule has 2 aromatic heterocycles. The van der Waals surface area contributed by atoms with Crippen LogP contribution < -0.4 is 24.2 Å². The second kappa shape index (κ2) is 8.90. The maximum atomic E-state index is 13.3. The molecule has 5 rings (SSSR count). The predicted octanol–water partition coefficient (Wildman–Crippen LogP) is 4.12. The van der Waals surface area contributed by atoms with Crippen LogP contribution in [0.4, 0.5) is 5.69 Å². The van der Waals surface area contributed by atoms with Gasteiger partial charge in [-0.3, -0.25) is 9.36 Å². The van der Waals surface area contributed by atoms with Crippen LogP contribution in [0, 0.1) is 0 Å². The molecule has 8 heteroatoms. The number of fused-ring (bicyclic) bond motifs is 1. The Kier molecular flexibility index (Phi) is 5.99. The maximum absolute atomic E-state index is 13.3. The fraction of sp³-hybridized carbons (Fsp3) is 0.167. The Labute approximate surface area is 203 Å². The van der Waals surface area contributed by atoms with Gasteiger partial charge in [0.2, 0.25) is 0 Å². The van der Waals surface area contributed by atoms with E-state index < -0.39 is 0 Å². The summed E-state index contributed by atoms with van der Waals surface area (Å²) in [7, 11) is 2.01. The zero-order valence-electron chi connectivity index (χ0n) is 17.6. The summed E-state index contributed by atoms with van der Waals surface area (Å²) in [6.07, 6.45) is 4.24. The summed E-state index contributed by atoms with van der Waals surface area (Å²) in [6, 6.07) is 16.3. The molecule has 0 bridgehead atoms. The summed E-state index contributed by atoms with van der Waals surface area (Å²) in [6.45, 7) is 3.45. The molecule has 0 amide bonds. The molecule has 0 spiro atoms. The molecule has 0 fully saturated rings. The van der Waals surface area contributed by atoms with Gasteiger partial charge in [0.25, 0.3) is 10.6 Å². The fourth-order valence-corrected chi connectivity index (χ4v) is 7.34. The standard InChI is InChI=1S/C24H21ClN3OS3/c1-3-28-21(14-20-27(11-12-30-20)15-16-7-5-4-6-8-16)32-22(23(28)29)24-26(2)18-10-9-17(25)13-19(18)31-24/h4-14H,3,15H2,1-2H3/q+1/b24-22+. The van der Waals surface area contributed by atoms with E-state index in [2.05, 4.69) is 51.4 Å². The second-order valence-electron chi connectivity index (χ2n) is 7.40. The van der Waals surface area contributed by atoms with Crippen molar-refractivity contribution in [3.05, 3.63) is 95.3 Å². The van der Waals surface area contributed by atoms with Crippen molar-refractivity contribution in [1.82, 2.24) is 4.57 Å². The van der Waals surface area contributed by atoms with Gasteiger partial charge in [-0.2, -0.15) is 4.57 Å². The van der Waals surface area contributed by atoms with Gasteiger partial charge in [-0.05, 0) is 25.1 Å². The van der Waals surface area contributed by atoms with Gasteiger partial charge in [0.1, 0.15) is 14.2 Å². The lowest BCUT2D eigenvalue weighted by molar-refractivity contribution is -0.685. The number of halogens is 1. The third-order valence-corrected chi connectivity index (χ3v) is 8.93. The normalized spacial score (nSPS) is 15.5. The van der Waals surface area contributed by atoms with Crippen molar-refractivity contribution in [2.45, 2.75) is 24.9 Å². The van der Waals surface area contributed by atoms with Crippen LogP contribution in [0.3, 0.4) is 0 Å². The first kappa shape index (κ1) is 21.5. The van der Waals surface area contributed by atoms with Crippen LogP contribution >= 0.6 is 46.0 Å². The Bertz CT molecular complexity index is 1470. The molecule has 1 aliphatic rings. The van der Waals surface area contributed by atoms with Crippen molar-refractivity contribution < 1.29 is 4.57 Å². The summed E-state index contributed by atoms with van der Waals surface area (Å²) >= 11 is 11.0. The molecular weight excluding hydrogens is 478 g/mol. The molecule has 0 saturated heterocycles. The van der Waals surface area contributed by atoms with E-state index in [9.17, 15) is 4.79 Å². The van der Waals surface area contributed by atoms with Crippen LogP contribution in [0.15, 0.2) is 69.8 Å². The Balaban J connectivity index is 1.61. The molecule has 0 atom stereocenters. The minimum Gasteiger partial charge on any atom is -0.337 e. The van der Waals surface area contributed by atoms with E-state index in [1.54, 1.807) is 34.4 Å². The number of hydrogen-bond donors (Lipinski definition) is 0. The van der Waals surface area contributed by atoms with E-state index in [0.29, 0.717) is 11.6 Å². The molecule has 0 N–H and O–H groups in total. The van der Waals surface area contributed by atoms with E-state index >= 15 is 0 Å². The topological polar surface area (TPSA) is 29.1 Å². The lowest BCUT2D eigenvalue weighted by Gasteiger charge is -2.12. The maximum Gasteiger partial charge on any atom is 0.271 e. The molecular formula is C24H21ClN3OS3+. The zero-order valence-corrected chi connectivity index (χ0v) is 20.8. The highest BCUT2D eigenvalue weighted by Crippen LogP contribution is 2.46. The number of benzene rings is 2. The highest BCUT2D eigenvalue weighted by atomic mass is 35.5. The minimum atomic E-state index is 0.0585. The first-order chi connectivity index (χ1) is 15.5. The van der Waals surface area contributed by atoms with Gasteiger partial charge in [-0.15, -0.1) is 11.3 Å². The van der Waals surface area contributed by atoms with Crippen molar-refractivity contribution in [3.8, 4) is 0 Å². The van der Waals surface area contributed by atoms with E-state index in [0.717, 1.165) is 36.4 Å². The number of nitrogens with zero attached hydrogens (tertiary/aromatic N) is 3. The van der Waals surface area contributed by atoms with Crippen LogP contribution in [0.25, 0.3) is 11.1 Å². The number of thiazole rings is 2. The number of aromatic nitrogens is 2. The van der Waals surface area contributed by atoms with Crippen LogP contribution in [0.1, 0.15) is 17.5 Å². The van der Waals surface area contributed by atoms with Crippen molar-refractivity contribution in [2.75, 3.05) is 11.9 Å². The zero-order chi connectivity index (χ0) is 22.2. The molecule has 0 radical (unpaired) electrons. The summed E-state index contributed by atoms with van der Waals surface area (Å²) in [5.74, 6) is 0. The number of anilines is 1. The summed E-state index contributed by atoms with van der Waals surface area (Å²) in [5.41, 5.74) is 2.39. The van der Waals surface area contributed by atoms with Crippen molar-refractivity contribution in [1.29, 1.82) is 0 Å². The SMILES string of the molecule is CCn1c(=O)/c(=C2\Sc3cc(Cl)ccc3N2C)s/c1=C\c1scc[n+]1Cc1ccccc1. The molecule has 3 heterocycles. The van der Waals surface area contributed by atoms with Gasteiger partial charge in [0, 0.05) is 29.1 Å². The minimum absolute atomic E-state index is 0.0585. The summed E-state index contributed by atoms with van der Waals surface area (Å²) in [5, 5.41) is 4.88. The van der Waals surface area contributed by atoms with Gasteiger partial charge >= 0.3 is 0 Å². The smallest absolute Gasteiger partial charge is 0.271 e. The molecule has 162 valence electrons. The number of thioether (sulfide) groups is 1. The molecule has 1 aliphatic heterocycles. The van der Waals surface area contributed by atoms with E-state index in [1.807, 2.05) is 42.8 Å². The highest BCUT2D eigenvalue weighted by molar-refractivity contribution is 8.08. The van der Waals surface area contributed by atoms with Crippen LogP contribution in [0.5, 0.6) is 0 Å². The van der Waals surface area contributed by atoms with Gasteiger partial charge in [0.15, 0.2) is 12.7 Å². The second-order valence-corrected chi connectivity index (χ2v) is 10.8. The van der Waals surface area contributed by atoms with Gasteiger partial charge < -0.3 is 4.90 Å². The molecule has 4 nitrogen and oxygen atoms in total. The number of hydrogen-bond acceptors (Lipinski definition) is 5. The van der Waals surface area contributed by atoms with Crippen molar-refractivity contribution >= 4 is 62.8 Å². The largest absolute Gasteiger partial charge is 0.337 e. The van der Waals surface area contributed by atoms with Crippen LogP contribution in [-0.4, -0.2) is 11.6 Å². The van der Waals surface area contributed by atoms with Crippen LogP contribution in [0.2, 0.25) is 5.02 Å². The Morgan fingerprint density at radius 2 is 1.97 bits per heavy atom. The Morgan fingerprint density at radius 1 is 1.16 bits per heavy atom. The lowest BCUT2D eigenvalue weighted by atomic mass is 10.2. The van der Waals surface area contributed by atoms with Crippen molar-refractivity contribution in [3.63, 3.8) is 0 Å². The molecule has 32 heavy (non-hydrogen) atoms. The van der Waals surface area contributed by atoms with Crippen molar-refractivity contribution in [2.24, 2.45) is 0 Å². The lowest BCUT2D eigenvalue weighted by Crippen LogP contribution is -2.36. The molecule has 2 aromatic carbocycles. The third-order valence-electron chi connectivity index (χ3n) is 5.37. The molecule has 4 aromatic rings. The first-order valence-corrected chi connectivity index (χ1v) is 13.1. The molecule has 0 saturated carbocycles. The van der Waals surface area contributed by atoms with Crippen LogP contribution in [-0.2, 0) is 13.1 Å². The Morgan fingerprint density at radius 3 is 2.75 bits per heavy atom. The average Bonchev–Trinajstić information content (AvgIpc) is 3.45. The summed E-state index contributed by atoms with van der Waals surface area (Å²) < 4.78 is 5.83. The molecule has 0 unspecified atom stereocenters. The monoisotopic (exact) mass is 498 g/mol. The fourth-order valence-electron chi connectivity index (χ4n) is 3.74. The van der Waals surface area contributed by atoms with E-state index in [-0.39, 0.29) is 5.56 Å². The van der Waals surface area contributed by atoms with Gasteiger partial charge in [-0.25, -0.2) is 0 Å². The average molecular weight is 499 g/mol. The first-order valence-electron chi connectivity index (χ1n) is 10.2. The third kappa shape index (κ3) is 3.94. The predicted molar refractivity (Wildman–Crippen MR) is 136 cm³/mol. The van der Waals surface area contributed by atoms with Gasteiger partial charge in [0.05, 0.1) is 17.1 Å². The number of rotatable bonds is 4.